The second kappa shape index (κ2) is 7.52. The van der Waals surface area contributed by atoms with E-state index in [1.807, 2.05) is 13.0 Å². The van der Waals surface area contributed by atoms with E-state index in [2.05, 4.69) is 53.5 Å². The third kappa shape index (κ3) is 3.97. The van der Waals surface area contributed by atoms with Gasteiger partial charge in [-0.1, -0.05) is 41.5 Å². The molecule has 3 heteroatoms. The van der Waals surface area contributed by atoms with Gasteiger partial charge in [-0.15, -0.1) is 0 Å². The maximum absolute atomic E-state index is 12.7. The maximum Gasteiger partial charge on any atom is 0.253 e. The molecule has 1 fully saturated rings. The topological polar surface area (TPSA) is 32.3 Å². The molecule has 0 radical (unpaired) electrons. The van der Waals surface area contributed by atoms with Crippen LogP contribution in [-0.4, -0.2) is 25.5 Å². The number of hydrogen-bond acceptors (Lipinski definition) is 2. The summed E-state index contributed by atoms with van der Waals surface area (Å²) in [6.07, 6.45) is 3.28. The molecule has 0 spiro atoms. The standard InChI is InChI=1S/C21H26N2O/c1-16-6-5-7-18(14-16)10-11-22-21(24)19-15-17(2)8-9-20(19)23-12-3-4-13-23/h5-9,14-15H,3-4,10-13H2,1-2H3,(H,22,24). The minimum absolute atomic E-state index is 0.0354. The molecule has 0 saturated carbocycles. The van der Waals surface area contributed by atoms with Gasteiger partial charge in [-0.2, -0.15) is 0 Å². The van der Waals surface area contributed by atoms with E-state index in [0.717, 1.165) is 36.3 Å². The van der Waals surface area contributed by atoms with Crippen LogP contribution in [0.3, 0.4) is 0 Å². The summed E-state index contributed by atoms with van der Waals surface area (Å²) in [5.74, 6) is 0.0354. The average Bonchev–Trinajstić information content (AvgIpc) is 3.09. The van der Waals surface area contributed by atoms with Gasteiger partial charge in [0.15, 0.2) is 0 Å². The largest absolute Gasteiger partial charge is 0.371 e. The summed E-state index contributed by atoms with van der Waals surface area (Å²) < 4.78 is 0. The van der Waals surface area contributed by atoms with E-state index < -0.39 is 0 Å². The van der Waals surface area contributed by atoms with E-state index in [1.165, 1.54) is 24.0 Å². The first-order valence-electron chi connectivity index (χ1n) is 8.83. The number of nitrogens with zero attached hydrogens (tertiary/aromatic N) is 1. The fraction of sp³-hybridized carbons (Fsp3) is 0.381. The number of benzene rings is 2. The molecule has 3 rings (SSSR count). The number of amides is 1. The summed E-state index contributed by atoms with van der Waals surface area (Å²) in [7, 11) is 0. The third-order valence-corrected chi connectivity index (χ3v) is 4.63. The van der Waals surface area contributed by atoms with Gasteiger partial charge < -0.3 is 10.2 Å². The number of nitrogens with one attached hydrogen (secondary N) is 1. The van der Waals surface area contributed by atoms with E-state index >= 15 is 0 Å². The van der Waals surface area contributed by atoms with Crippen LogP contribution < -0.4 is 10.2 Å². The zero-order valence-corrected chi connectivity index (χ0v) is 14.6. The highest BCUT2D eigenvalue weighted by atomic mass is 16.1. The lowest BCUT2D eigenvalue weighted by Crippen LogP contribution is -2.29. The molecule has 24 heavy (non-hydrogen) atoms. The predicted octanol–water partition coefficient (Wildman–Crippen LogP) is 3.88. The van der Waals surface area contributed by atoms with Gasteiger partial charge in [-0.3, -0.25) is 4.79 Å². The van der Waals surface area contributed by atoms with Gasteiger partial charge in [-0.25, -0.2) is 0 Å². The highest BCUT2D eigenvalue weighted by Gasteiger charge is 2.19. The van der Waals surface area contributed by atoms with Crippen molar-refractivity contribution in [3.8, 4) is 0 Å². The van der Waals surface area contributed by atoms with Crippen LogP contribution in [0.1, 0.15) is 39.9 Å². The normalized spacial score (nSPS) is 14.0. The Morgan fingerprint density at radius 2 is 1.79 bits per heavy atom. The number of hydrogen-bond donors (Lipinski definition) is 1. The summed E-state index contributed by atoms with van der Waals surface area (Å²) in [4.78, 5) is 15.0. The Morgan fingerprint density at radius 1 is 1.04 bits per heavy atom. The summed E-state index contributed by atoms with van der Waals surface area (Å²) in [6, 6.07) is 14.6. The van der Waals surface area contributed by atoms with Crippen LogP contribution in [0.15, 0.2) is 42.5 Å². The van der Waals surface area contributed by atoms with Gasteiger partial charge >= 0.3 is 0 Å². The monoisotopic (exact) mass is 322 g/mol. The highest BCUT2D eigenvalue weighted by Crippen LogP contribution is 2.25. The lowest BCUT2D eigenvalue weighted by atomic mass is 10.1. The zero-order chi connectivity index (χ0) is 16.9. The Kier molecular flexibility index (Phi) is 5.19. The molecule has 1 amide bonds. The van der Waals surface area contributed by atoms with Crippen molar-refractivity contribution >= 4 is 11.6 Å². The Morgan fingerprint density at radius 3 is 2.54 bits per heavy atom. The quantitative estimate of drug-likeness (QED) is 0.906. The maximum atomic E-state index is 12.7. The highest BCUT2D eigenvalue weighted by molar-refractivity contribution is 6.00. The third-order valence-electron chi connectivity index (χ3n) is 4.63. The summed E-state index contributed by atoms with van der Waals surface area (Å²) in [5.41, 5.74) is 5.53. The smallest absolute Gasteiger partial charge is 0.253 e. The molecule has 1 aliphatic rings. The lowest BCUT2D eigenvalue weighted by molar-refractivity contribution is 0.0954. The van der Waals surface area contributed by atoms with Gasteiger partial charge in [0, 0.05) is 25.3 Å². The number of carbonyl (C=O) groups is 1. The molecule has 2 aromatic carbocycles. The molecule has 0 aliphatic carbocycles. The van der Waals surface area contributed by atoms with Crippen molar-refractivity contribution < 1.29 is 4.79 Å². The van der Waals surface area contributed by atoms with Crippen molar-refractivity contribution in [1.82, 2.24) is 5.32 Å². The van der Waals surface area contributed by atoms with Crippen molar-refractivity contribution in [2.24, 2.45) is 0 Å². The number of carbonyl (C=O) groups excluding carboxylic acids is 1. The minimum atomic E-state index is 0.0354. The van der Waals surface area contributed by atoms with Crippen LogP contribution in [0.4, 0.5) is 5.69 Å². The van der Waals surface area contributed by atoms with E-state index in [1.54, 1.807) is 0 Å². The van der Waals surface area contributed by atoms with Gasteiger partial charge in [0.1, 0.15) is 0 Å². The first-order valence-corrected chi connectivity index (χ1v) is 8.83. The van der Waals surface area contributed by atoms with E-state index in [4.69, 9.17) is 0 Å². The van der Waals surface area contributed by atoms with Crippen LogP contribution in [0.2, 0.25) is 0 Å². The molecule has 2 aromatic rings. The Balaban J connectivity index is 1.67. The molecular formula is C21H26N2O. The molecule has 0 unspecified atom stereocenters. The Labute approximate surface area is 144 Å². The predicted molar refractivity (Wildman–Crippen MR) is 99.8 cm³/mol. The van der Waals surface area contributed by atoms with Gasteiger partial charge in [0.05, 0.1) is 5.56 Å². The molecule has 1 aliphatic heterocycles. The Bertz CT molecular complexity index is 718. The zero-order valence-electron chi connectivity index (χ0n) is 14.6. The van der Waals surface area contributed by atoms with Crippen molar-refractivity contribution in [1.29, 1.82) is 0 Å². The van der Waals surface area contributed by atoms with Crippen LogP contribution in [-0.2, 0) is 6.42 Å². The average molecular weight is 322 g/mol. The summed E-state index contributed by atoms with van der Waals surface area (Å²) in [5, 5.41) is 3.09. The lowest BCUT2D eigenvalue weighted by Gasteiger charge is -2.21. The second-order valence-corrected chi connectivity index (χ2v) is 6.71. The first kappa shape index (κ1) is 16.6. The molecule has 0 bridgehead atoms. The van der Waals surface area contributed by atoms with E-state index in [-0.39, 0.29) is 5.91 Å². The SMILES string of the molecule is Cc1cccc(CCNC(=O)c2cc(C)ccc2N2CCCC2)c1. The fourth-order valence-corrected chi connectivity index (χ4v) is 3.35. The molecule has 1 N–H and O–H groups in total. The number of anilines is 1. The van der Waals surface area contributed by atoms with Crippen LogP contribution in [0, 0.1) is 13.8 Å². The molecule has 1 saturated heterocycles. The van der Waals surface area contributed by atoms with E-state index in [0.29, 0.717) is 6.54 Å². The fourth-order valence-electron chi connectivity index (χ4n) is 3.35. The molecule has 3 nitrogen and oxygen atoms in total. The van der Waals surface area contributed by atoms with Crippen molar-refractivity contribution in [3.63, 3.8) is 0 Å². The van der Waals surface area contributed by atoms with Crippen LogP contribution in [0.5, 0.6) is 0 Å². The summed E-state index contributed by atoms with van der Waals surface area (Å²) >= 11 is 0. The molecule has 126 valence electrons. The van der Waals surface area contributed by atoms with Crippen LogP contribution in [0.25, 0.3) is 0 Å². The molecule has 0 aromatic heterocycles. The van der Waals surface area contributed by atoms with Gasteiger partial charge in [0.25, 0.3) is 5.91 Å². The summed E-state index contributed by atoms with van der Waals surface area (Å²) in [6.45, 7) is 6.89. The van der Waals surface area contributed by atoms with Crippen molar-refractivity contribution in [2.75, 3.05) is 24.5 Å². The van der Waals surface area contributed by atoms with Gasteiger partial charge in [-0.05, 0) is 50.8 Å². The number of aryl methyl sites for hydroxylation is 2. The molecule has 0 atom stereocenters. The van der Waals surface area contributed by atoms with Crippen LogP contribution >= 0.6 is 0 Å². The van der Waals surface area contributed by atoms with Crippen molar-refractivity contribution in [2.45, 2.75) is 33.1 Å². The van der Waals surface area contributed by atoms with Gasteiger partial charge in [0.2, 0.25) is 0 Å². The molecule has 1 heterocycles. The minimum Gasteiger partial charge on any atom is -0.371 e. The first-order chi connectivity index (χ1) is 11.6. The van der Waals surface area contributed by atoms with Crippen molar-refractivity contribution in [3.05, 3.63) is 64.7 Å². The Hall–Kier alpha value is -2.29. The second-order valence-electron chi connectivity index (χ2n) is 6.71. The molecular weight excluding hydrogens is 296 g/mol. The number of rotatable bonds is 5. The van der Waals surface area contributed by atoms with E-state index in [9.17, 15) is 4.79 Å².